The van der Waals surface area contributed by atoms with Gasteiger partial charge in [-0.05, 0) is 13.8 Å². The second kappa shape index (κ2) is 5.56. The summed E-state index contributed by atoms with van der Waals surface area (Å²) in [6.45, 7) is 6.08. The van der Waals surface area contributed by atoms with Gasteiger partial charge in [-0.1, -0.05) is 0 Å². The number of rotatable bonds is 5. The normalized spacial score (nSPS) is 12.7. The van der Waals surface area contributed by atoms with Crippen molar-refractivity contribution in [3.63, 3.8) is 0 Å². The Bertz CT molecular complexity index is 72.7. The Morgan fingerprint density at radius 3 is 2.78 bits per heavy atom. The van der Waals surface area contributed by atoms with Gasteiger partial charge in [0.1, 0.15) is 6.10 Å². The van der Waals surface area contributed by atoms with E-state index < -0.39 is 0 Å². The van der Waals surface area contributed by atoms with Crippen LogP contribution in [-0.4, -0.2) is 25.8 Å². The van der Waals surface area contributed by atoms with Crippen LogP contribution < -0.4 is 0 Å². The predicted molar refractivity (Wildman–Crippen MR) is 32.7 cm³/mol. The average Bonchev–Trinajstić information content (AvgIpc) is 1.85. The van der Waals surface area contributed by atoms with Crippen LogP contribution in [0.15, 0.2) is 0 Å². The third-order valence-corrected chi connectivity index (χ3v) is 0.806. The fourth-order valence-corrected chi connectivity index (χ4v) is 0.400. The molecule has 0 amide bonds. The highest BCUT2D eigenvalue weighted by Gasteiger charge is 1.99. The van der Waals surface area contributed by atoms with Crippen molar-refractivity contribution in [2.75, 3.05) is 13.2 Å². The van der Waals surface area contributed by atoms with Crippen molar-refractivity contribution >= 4 is 6.47 Å². The van der Waals surface area contributed by atoms with E-state index in [1.807, 2.05) is 6.92 Å². The Morgan fingerprint density at radius 2 is 2.33 bits per heavy atom. The molecule has 3 nitrogen and oxygen atoms in total. The van der Waals surface area contributed by atoms with E-state index in [1.54, 1.807) is 6.92 Å². The minimum atomic E-state index is -0.178. The third-order valence-electron chi connectivity index (χ3n) is 0.806. The average molecular weight is 131 g/mol. The predicted octanol–water partition coefficient (Wildman–Crippen LogP) is 0.495. The minimum absolute atomic E-state index is 0.178. The van der Waals surface area contributed by atoms with Crippen LogP contribution in [0, 0.1) is 0 Å². The van der Waals surface area contributed by atoms with E-state index >= 15 is 0 Å². The molecule has 1 unspecified atom stereocenters. The molecule has 0 aromatic heterocycles. The number of carbonyl (C=O) groups excluding carboxylic acids is 1. The van der Waals surface area contributed by atoms with Crippen LogP contribution in [-0.2, 0) is 14.3 Å². The summed E-state index contributed by atoms with van der Waals surface area (Å²) >= 11 is 0. The van der Waals surface area contributed by atoms with Gasteiger partial charge in [-0.15, -0.1) is 0 Å². The van der Waals surface area contributed by atoms with Gasteiger partial charge in [0, 0.05) is 6.61 Å². The van der Waals surface area contributed by atoms with Gasteiger partial charge in [0.2, 0.25) is 0 Å². The molecule has 1 atom stereocenters. The Morgan fingerprint density at radius 1 is 1.67 bits per heavy atom. The topological polar surface area (TPSA) is 35.5 Å². The van der Waals surface area contributed by atoms with Gasteiger partial charge in [-0.2, -0.15) is 0 Å². The van der Waals surface area contributed by atoms with Crippen molar-refractivity contribution in [1.29, 1.82) is 0 Å². The fraction of sp³-hybridized carbons (Fsp3) is 0.833. The molecule has 53 valence electrons. The summed E-state index contributed by atoms with van der Waals surface area (Å²) in [5, 5.41) is 0. The van der Waals surface area contributed by atoms with Gasteiger partial charge in [0.05, 0.1) is 6.61 Å². The van der Waals surface area contributed by atoms with Crippen molar-refractivity contribution in [1.82, 2.24) is 0 Å². The largest absolute Gasteiger partial charge is 0.452 e. The molecular weight excluding hydrogens is 120 g/mol. The minimum Gasteiger partial charge on any atom is -0.452 e. The first-order valence-corrected chi connectivity index (χ1v) is 2.91. The van der Waals surface area contributed by atoms with Gasteiger partial charge in [-0.25, -0.2) is 4.79 Å². The monoisotopic (exact) mass is 131 g/mol. The van der Waals surface area contributed by atoms with E-state index in [-0.39, 0.29) is 6.10 Å². The highest BCUT2D eigenvalue weighted by molar-refractivity contribution is 5.38. The molecule has 0 saturated carbocycles. The molecule has 0 N–H and O–H groups in total. The Balaban J connectivity index is 3.04. The van der Waals surface area contributed by atoms with Gasteiger partial charge in [0.15, 0.2) is 0 Å². The molecule has 0 saturated heterocycles. The van der Waals surface area contributed by atoms with Crippen molar-refractivity contribution in [2.24, 2.45) is 0 Å². The molecule has 0 aliphatic rings. The van der Waals surface area contributed by atoms with Crippen molar-refractivity contribution < 1.29 is 14.3 Å². The van der Waals surface area contributed by atoms with E-state index in [0.717, 1.165) is 0 Å². The molecule has 0 rings (SSSR count). The summed E-state index contributed by atoms with van der Waals surface area (Å²) in [6.07, 6.45) is -0.178. The van der Waals surface area contributed by atoms with E-state index in [0.29, 0.717) is 13.2 Å². The maximum atomic E-state index is 9.58. The van der Waals surface area contributed by atoms with E-state index in [9.17, 15) is 4.79 Å². The summed E-state index contributed by atoms with van der Waals surface area (Å²) in [4.78, 5) is 9.58. The van der Waals surface area contributed by atoms with E-state index in [4.69, 9.17) is 4.74 Å². The SMILES string of the molecule is CCOCC(C)O[C]=O. The van der Waals surface area contributed by atoms with Crippen LogP contribution in [0.2, 0.25) is 0 Å². The maximum absolute atomic E-state index is 9.58. The lowest BCUT2D eigenvalue weighted by Crippen LogP contribution is -2.14. The van der Waals surface area contributed by atoms with Gasteiger partial charge in [-0.3, -0.25) is 0 Å². The second-order valence-corrected chi connectivity index (χ2v) is 1.67. The molecule has 0 spiro atoms. The Kier molecular flexibility index (Phi) is 5.21. The molecule has 0 heterocycles. The van der Waals surface area contributed by atoms with Gasteiger partial charge in [0.25, 0.3) is 0 Å². The highest BCUT2D eigenvalue weighted by atomic mass is 16.6. The molecule has 0 aliphatic heterocycles. The lowest BCUT2D eigenvalue weighted by molar-refractivity contribution is 0.0575. The zero-order valence-corrected chi connectivity index (χ0v) is 5.72. The van der Waals surface area contributed by atoms with Crippen LogP contribution in [0.4, 0.5) is 0 Å². The summed E-state index contributed by atoms with van der Waals surface area (Å²) in [5.41, 5.74) is 0. The van der Waals surface area contributed by atoms with Crippen molar-refractivity contribution in [3.05, 3.63) is 0 Å². The van der Waals surface area contributed by atoms with E-state index in [1.165, 1.54) is 6.47 Å². The van der Waals surface area contributed by atoms with Gasteiger partial charge < -0.3 is 9.47 Å². The smallest absolute Gasteiger partial charge is 0.417 e. The number of hydrogen-bond donors (Lipinski definition) is 0. The van der Waals surface area contributed by atoms with Crippen LogP contribution in [0.5, 0.6) is 0 Å². The maximum Gasteiger partial charge on any atom is 0.417 e. The van der Waals surface area contributed by atoms with Crippen LogP contribution in [0.3, 0.4) is 0 Å². The molecule has 0 fully saturated rings. The molecule has 0 aromatic carbocycles. The molecule has 1 radical (unpaired) electrons. The summed E-state index contributed by atoms with van der Waals surface area (Å²) in [6, 6.07) is 0. The quantitative estimate of drug-likeness (QED) is 0.545. The lowest BCUT2D eigenvalue weighted by atomic mass is 10.4. The first-order valence-electron chi connectivity index (χ1n) is 2.91. The summed E-state index contributed by atoms with van der Waals surface area (Å²) in [5.74, 6) is 0. The highest BCUT2D eigenvalue weighted by Crippen LogP contribution is 1.87. The summed E-state index contributed by atoms with van der Waals surface area (Å²) in [7, 11) is 0. The van der Waals surface area contributed by atoms with Crippen molar-refractivity contribution in [2.45, 2.75) is 20.0 Å². The first kappa shape index (κ1) is 8.43. The third kappa shape index (κ3) is 5.30. The Hall–Kier alpha value is -0.570. The first-order chi connectivity index (χ1) is 4.31. The molecule has 0 bridgehead atoms. The number of ether oxygens (including phenoxy) is 2. The second-order valence-electron chi connectivity index (χ2n) is 1.67. The van der Waals surface area contributed by atoms with Crippen LogP contribution in [0.1, 0.15) is 13.8 Å². The van der Waals surface area contributed by atoms with Crippen LogP contribution >= 0.6 is 0 Å². The van der Waals surface area contributed by atoms with Gasteiger partial charge >= 0.3 is 6.47 Å². The standard InChI is InChI=1S/C6H11O3/c1-3-8-4-6(2)9-5-7/h6H,3-4H2,1-2H3. The zero-order chi connectivity index (χ0) is 7.11. The Labute approximate surface area is 55.0 Å². The molecule has 0 aliphatic carbocycles. The van der Waals surface area contributed by atoms with Crippen LogP contribution in [0.25, 0.3) is 0 Å². The van der Waals surface area contributed by atoms with Crippen molar-refractivity contribution in [3.8, 4) is 0 Å². The van der Waals surface area contributed by atoms with E-state index in [2.05, 4.69) is 4.74 Å². The molecule has 9 heavy (non-hydrogen) atoms. The fourth-order valence-electron chi connectivity index (χ4n) is 0.400. The lowest BCUT2D eigenvalue weighted by Gasteiger charge is -2.06. The molecule has 3 heteroatoms. The molecule has 0 aromatic rings. The number of hydrogen-bond acceptors (Lipinski definition) is 3. The molecular formula is C6H11O3. The summed E-state index contributed by atoms with van der Waals surface area (Å²) < 4.78 is 9.36. The zero-order valence-electron chi connectivity index (χ0n) is 5.72.